The van der Waals surface area contributed by atoms with Gasteiger partial charge in [-0.1, -0.05) is 24.3 Å². The van der Waals surface area contributed by atoms with Crippen molar-refractivity contribution < 1.29 is 44.6 Å². The van der Waals surface area contributed by atoms with Crippen molar-refractivity contribution in [2.45, 2.75) is 0 Å². The number of aliphatic hydroxyl groups is 1. The number of carbonyl (C=O) groups is 1. The van der Waals surface area contributed by atoms with Crippen LogP contribution in [0.4, 0.5) is 0 Å². The molecule has 0 heterocycles. The number of benzene rings is 2. The lowest BCUT2D eigenvalue weighted by molar-refractivity contribution is -0.110. The highest BCUT2D eigenvalue weighted by Crippen LogP contribution is 2.30. The van der Waals surface area contributed by atoms with Gasteiger partial charge in [0.15, 0.2) is 28.8 Å². The predicted molar refractivity (Wildman–Crippen MR) is 127 cm³/mol. The van der Waals surface area contributed by atoms with Crippen LogP contribution in [0.15, 0.2) is 60.4 Å². The molecule has 0 saturated heterocycles. The first kappa shape index (κ1) is 27.4. The Bertz CT molecular complexity index is 1400. The van der Waals surface area contributed by atoms with E-state index in [1.807, 2.05) is 0 Å². The first-order valence-corrected chi connectivity index (χ1v) is 12.3. The van der Waals surface area contributed by atoms with E-state index < -0.39 is 26.4 Å². The molecule has 0 unspecified atom stereocenters. The molecular weight excluding hydrogens is 504 g/mol. The van der Waals surface area contributed by atoms with Crippen molar-refractivity contribution in [2.24, 2.45) is 10.3 Å². The minimum atomic E-state index is -4.24. The zero-order valence-electron chi connectivity index (χ0n) is 18.4. The highest BCUT2D eigenvalue weighted by Gasteiger charge is 2.12. The lowest BCUT2D eigenvalue weighted by Crippen LogP contribution is -2.19. The van der Waals surface area contributed by atoms with E-state index in [4.69, 9.17) is 19.8 Å². The number of methoxy groups -OCH3 is 2. The Balaban J connectivity index is 2.11. The first-order valence-electron chi connectivity index (χ1n) is 9.41. The van der Waals surface area contributed by atoms with Gasteiger partial charge in [0.1, 0.15) is 5.76 Å². The molecule has 0 saturated carbocycles. The molecule has 0 aliphatic rings. The van der Waals surface area contributed by atoms with E-state index in [1.165, 1.54) is 74.9 Å². The van der Waals surface area contributed by atoms with Gasteiger partial charge in [-0.3, -0.25) is 4.79 Å². The maximum absolute atomic E-state index is 12.1. The predicted octanol–water partition coefficient (Wildman–Crippen LogP) is 1.61. The minimum Gasteiger partial charge on any atom is -0.508 e. The molecule has 0 aliphatic heterocycles. The molecule has 0 spiro atoms. The summed E-state index contributed by atoms with van der Waals surface area (Å²) in [5, 5.41) is 19.7. The van der Waals surface area contributed by atoms with Crippen LogP contribution in [0.25, 0.3) is 12.2 Å². The number of ketones is 1. The van der Waals surface area contributed by atoms with Gasteiger partial charge < -0.3 is 22.9 Å². The van der Waals surface area contributed by atoms with Gasteiger partial charge in [-0.05, 0) is 47.5 Å². The van der Waals surface area contributed by atoms with E-state index in [9.17, 15) is 26.7 Å². The average molecular weight is 527 g/mol. The van der Waals surface area contributed by atoms with Crippen molar-refractivity contribution >= 4 is 38.5 Å². The average Bonchev–Trinajstić information content (AvgIpc) is 2.75. The van der Waals surface area contributed by atoms with Crippen LogP contribution >= 0.6 is 0 Å². The van der Waals surface area contributed by atoms with Crippen molar-refractivity contribution in [3.63, 3.8) is 0 Å². The summed E-state index contributed by atoms with van der Waals surface area (Å²) in [6.45, 7) is 0. The van der Waals surface area contributed by atoms with Crippen LogP contribution in [0, 0.1) is 0 Å². The van der Waals surface area contributed by atoms with E-state index in [1.54, 1.807) is 0 Å². The topological polar surface area (TPSA) is 195 Å². The van der Waals surface area contributed by atoms with Crippen LogP contribution in [0.3, 0.4) is 0 Å². The van der Waals surface area contributed by atoms with Gasteiger partial charge in [-0.2, -0.15) is 27.1 Å². The van der Waals surface area contributed by atoms with Crippen LogP contribution in [0.5, 0.6) is 23.0 Å². The van der Waals surface area contributed by atoms with Crippen LogP contribution in [-0.2, 0) is 25.4 Å². The van der Waals surface area contributed by atoms with E-state index in [2.05, 4.69) is 8.37 Å². The number of ether oxygens (including phenoxy) is 2. The van der Waals surface area contributed by atoms with E-state index in [0.29, 0.717) is 11.1 Å². The summed E-state index contributed by atoms with van der Waals surface area (Å²) in [5.41, 5.74) is 0.981. The minimum absolute atomic E-state index is 0.0749. The third kappa shape index (κ3) is 9.50. The van der Waals surface area contributed by atoms with Crippen molar-refractivity contribution in [2.75, 3.05) is 14.2 Å². The summed E-state index contributed by atoms with van der Waals surface area (Å²) in [6, 6.07) is 8.41. The molecule has 188 valence electrons. The molecule has 0 radical (unpaired) electrons. The molecule has 0 bridgehead atoms. The zero-order valence-corrected chi connectivity index (χ0v) is 20.1. The molecule has 2 aromatic carbocycles. The molecule has 2 rings (SSSR count). The summed E-state index contributed by atoms with van der Waals surface area (Å²) in [7, 11) is -5.87. The fourth-order valence-electron chi connectivity index (χ4n) is 2.57. The molecule has 0 aliphatic carbocycles. The van der Waals surface area contributed by atoms with E-state index >= 15 is 0 Å². The van der Waals surface area contributed by atoms with Gasteiger partial charge in [0, 0.05) is 6.08 Å². The Kier molecular flexibility index (Phi) is 9.02. The van der Waals surface area contributed by atoms with Crippen molar-refractivity contribution in [3.8, 4) is 23.0 Å². The largest absolute Gasteiger partial charge is 0.508 e. The Hall–Kier alpha value is -3.85. The zero-order chi connectivity index (χ0) is 26.2. The van der Waals surface area contributed by atoms with Crippen LogP contribution in [0.2, 0.25) is 0 Å². The van der Waals surface area contributed by atoms with Gasteiger partial charge >= 0.3 is 20.6 Å². The standard InChI is InChI=1S/C21H22N2O10S2/c1-30-20-11-14(5-9-18(20)32-34(22,26)27)3-7-16(24)13-17(25)8-4-15-6-10-19(21(12-15)31-2)33-35(23,28)29/h3-13,24H,1-2H3,(H2,22,26,27)(H2,23,28,29)/b7-3+,8-4+,16-13?. The lowest BCUT2D eigenvalue weighted by atomic mass is 10.1. The maximum atomic E-state index is 12.1. The number of nitrogens with two attached hydrogens (primary N) is 2. The molecule has 0 amide bonds. The van der Waals surface area contributed by atoms with Crippen molar-refractivity contribution in [1.29, 1.82) is 0 Å². The third-order valence-electron chi connectivity index (χ3n) is 3.96. The van der Waals surface area contributed by atoms with Crippen molar-refractivity contribution in [3.05, 3.63) is 71.5 Å². The summed E-state index contributed by atoms with van der Waals surface area (Å²) < 4.78 is 63.6. The van der Waals surface area contributed by atoms with E-state index in [-0.39, 0.29) is 28.8 Å². The van der Waals surface area contributed by atoms with Crippen LogP contribution < -0.4 is 28.1 Å². The number of aliphatic hydroxyl groups excluding tert-OH is 1. The second-order valence-corrected chi connectivity index (χ2v) is 8.92. The summed E-state index contributed by atoms with van der Waals surface area (Å²) >= 11 is 0. The Morgan fingerprint density at radius 2 is 1.20 bits per heavy atom. The molecule has 0 aromatic heterocycles. The van der Waals surface area contributed by atoms with Gasteiger partial charge in [-0.15, -0.1) is 0 Å². The SMILES string of the molecule is COc1cc(/C=C/C(=O)C=C(O)/C=C/c2ccc(OS(N)(=O)=O)c(OC)c2)ccc1OS(N)(=O)=O. The smallest absolute Gasteiger partial charge is 0.380 e. The number of hydrogen-bond acceptors (Lipinski definition) is 10. The maximum Gasteiger partial charge on any atom is 0.380 e. The highest BCUT2D eigenvalue weighted by atomic mass is 32.2. The molecule has 2 aromatic rings. The summed E-state index contributed by atoms with van der Waals surface area (Å²) in [4.78, 5) is 12.1. The number of allylic oxidation sites excluding steroid dienone is 3. The molecular formula is C21H22N2O10S2. The summed E-state index contributed by atoms with van der Waals surface area (Å²) in [6.07, 6.45) is 6.22. The van der Waals surface area contributed by atoms with Gasteiger partial charge in [-0.25, -0.2) is 0 Å². The first-order chi connectivity index (χ1) is 16.3. The number of carbonyl (C=O) groups excluding carboxylic acids is 1. The number of hydrogen-bond donors (Lipinski definition) is 3. The van der Waals surface area contributed by atoms with E-state index in [0.717, 1.165) is 6.08 Å². The third-order valence-corrected chi connectivity index (χ3v) is 4.79. The Morgan fingerprint density at radius 1 is 0.771 bits per heavy atom. The Labute approximate surface area is 202 Å². The fourth-order valence-corrected chi connectivity index (χ4v) is 3.34. The van der Waals surface area contributed by atoms with Crippen LogP contribution in [0.1, 0.15) is 11.1 Å². The quantitative estimate of drug-likeness (QED) is 0.220. The monoisotopic (exact) mass is 526 g/mol. The second kappa shape index (κ2) is 11.5. The summed E-state index contributed by atoms with van der Waals surface area (Å²) in [5.74, 6) is -0.996. The van der Waals surface area contributed by atoms with Gasteiger partial charge in [0.05, 0.1) is 14.2 Å². The van der Waals surface area contributed by atoms with Crippen LogP contribution in [-0.4, -0.2) is 41.9 Å². The molecule has 0 atom stereocenters. The lowest BCUT2D eigenvalue weighted by Gasteiger charge is -2.08. The molecule has 14 heteroatoms. The molecule has 12 nitrogen and oxygen atoms in total. The van der Waals surface area contributed by atoms with Gasteiger partial charge in [0.2, 0.25) is 0 Å². The van der Waals surface area contributed by atoms with Crippen molar-refractivity contribution in [1.82, 2.24) is 0 Å². The molecule has 35 heavy (non-hydrogen) atoms. The van der Waals surface area contributed by atoms with Gasteiger partial charge in [0.25, 0.3) is 0 Å². The molecule has 5 N–H and O–H groups in total. The number of rotatable bonds is 11. The Morgan fingerprint density at radius 3 is 1.60 bits per heavy atom. The second-order valence-electron chi connectivity index (χ2n) is 6.61. The highest BCUT2D eigenvalue weighted by molar-refractivity contribution is 7.85. The fraction of sp³-hybridized carbons (Fsp3) is 0.0952. The molecule has 0 fully saturated rings. The normalized spacial score (nSPS) is 12.6.